The van der Waals surface area contributed by atoms with E-state index in [1.807, 2.05) is 36.4 Å². The third-order valence-corrected chi connectivity index (χ3v) is 4.56. The molecule has 0 fully saturated rings. The average molecular weight is 441 g/mol. The molecule has 7 heteroatoms. The highest BCUT2D eigenvalue weighted by Gasteiger charge is 2.12. The lowest BCUT2D eigenvalue weighted by Gasteiger charge is -2.12. The monoisotopic (exact) mass is 441 g/mol. The number of benzene rings is 3. The van der Waals surface area contributed by atoms with Crippen LogP contribution in [0.25, 0.3) is 6.08 Å². The normalized spacial score (nSPS) is 10.6. The zero-order valence-corrected chi connectivity index (χ0v) is 18.3. The van der Waals surface area contributed by atoms with Gasteiger partial charge in [-0.3, -0.25) is 9.59 Å². The van der Waals surface area contributed by atoms with Crippen molar-refractivity contribution in [1.29, 1.82) is 5.26 Å². The van der Waals surface area contributed by atoms with Gasteiger partial charge >= 0.3 is 0 Å². The van der Waals surface area contributed by atoms with Crippen LogP contribution in [0.4, 0.5) is 11.4 Å². The van der Waals surface area contributed by atoms with Crippen molar-refractivity contribution in [1.82, 2.24) is 0 Å². The van der Waals surface area contributed by atoms with Crippen molar-refractivity contribution in [2.24, 2.45) is 0 Å². The maximum Gasteiger partial charge on any atom is 0.266 e. The number of hydrogen-bond acceptors (Lipinski definition) is 5. The van der Waals surface area contributed by atoms with E-state index in [1.165, 1.54) is 13.0 Å². The van der Waals surface area contributed by atoms with Gasteiger partial charge in [-0.05, 0) is 53.6 Å². The zero-order valence-electron chi connectivity index (χ0n) is 18.3. The van der Waals surface area contributed by atoms with Crippen LogP contribution >= 0.6 is 0 Å². The number of nitrogens with one attached hydrogen (secondary N) is 2. The first-order valence-electron chi connectivity index (χ1n) is 10.1. The molecule has 0 aliphatic heterocycles. The molecule has 0 saturated carbocycles. The molecule has 7 nitrogen and oxygen atoms in total. The Balaban J connectivity index is 1.74. The third kappa shape index (κ3) is 6.71. The van der Waals surface area contributed by atoms with Gasteiger partial charge in [0, 0.05) is 18.3 Å². The summed E-state index contributed by atoms with van der Waals surface area (Å²) in [5.74, 6) is 0.312. The van der Waals surface area contributed by atoms with Crippen LogP contribution in [0.15, 0.2) is 78.4 Å². The number of ether oxygens (including phenoxy) is 2. The van der Waals surface area contributed by atoms with E-state index in [2.05, 4.69) is 10.6 Å². The maximum absolute atomic E-state index is 12.6. The van der Waals surface area contributed by atoms with Gasteiger partial charge in [-0.25, -0.2) is 0 Å². The standard InChI is InChI=1S/C26H23N3O4/c1-18(30)28-22-9-11-23(12-10-22)29-26(31)21(16-27)14-20-8-13-24(32-2)25(15-20)33-17-19-6-4-3-5-7-19/h3-15H,17H2,1-2H3,(H,28,30)(H,29,31)/b21-14+. The molecular weight excluding hydrogens is 418 g/mol. The largest absolute Gasteiger partial charge is 0.493 e. The molecule has 3 aromatic carbocycles. The summed E-state index contributed by atoms with van der Waals surface area (Å²) in [5, 5.41) is 14.8. The van der Waals surface area contributed by atoms with Gasteiger partial charge in [-0.1, -0.05) is 36.4 Å². The minimum atomic E-state index is -0.549. The van der Waals surface area contributed by atoms with E-state index in [4.69, 9.17) is 9.47 Å². The zero-order chi connectivity index (χ0) is 23.6. The molecule has 0 saturated heterocycles. The van der Waals surface area contributed by atoms with Crippen molar-refractivity contribution >= 4 is 29.3 Å². The highest BCUT2D eigenvalue weighted by atomic mass is 16.5. The first kappa shape index (κ1) is 23.1. The lowest BCUT2D eigenvalue weighted by molar-refractivity contribution is -0.114. The van der Waals surface area contributed by atoms with Gasteiger partial charge in [0.15, 0.2) is 11.5 Å². The van der Waals surface area contributed by atoms with Crippen molar-refractivity contribution < 1.29 is 19.1 Å². The quantitative estimate of drug-likeness (QED) is 0.387. The van der Waals surface area contributed by atoms with Crippen molar-refractivity contribution in [3.8, 4) is 17.6 Å². The van der Waals surface area contributed by atoms with Crippen molar-refractivity contribution in [2.45, 2.75) is 13.5 Å². The predicted molar refractivity (Wildman–Crippen MR) is 127 cm³/mol. The van der Waals surface area contributed by atoms with Crippen LogP contribution in [0, 0.1) is 11.3 Å². The molecule has 3 rings (SSSR count). The second-order valence-electron chi connectivity index (χ2n) is 7.07. The number of methoxy groups -OCH3 is 1. The molecule has 0 atom stereocenters. The number of carbonyl (C=O) groups is 2. The van der Waals surface area contributed by atoms with Crippen LogP contribution in [0.2, 0.25) is 0 Å². The fourth-order valence-electron chi connectivity index (χ4n) is 2.99. The Kier molecular flexibility index (Phi) is 7.81. The topological polar surface area (TPSA) is 100 Å². The summed E-state index contributed by atoms with van der Waals surface area (Å²) in [6.45, 7) is 1.77. The highest BCUT2D eigenvalue weighted by molar-refractivity contribution is 6.09. The molecule has 0 aromatic heterocycles. The Morgan fingerprint density at radius 2 is 1.61 bits per heavy atom. The lowest BCUT2D eigenvalue weighted by atomic mass is 10.1. The van der Waals surface area contributed by atoms with Gasteiger partial charge in [0.2, 0.25) is 5.91 Å². The van der Waals surface area contributed by atoms with Gasteiger partial charge < -0.3 is 20.1 Å². The molecule has 33 heavy (non-hydrogen) atoms. The van der Waals surface area contributed by atoms with Crippen LogP contribution in [0.5, 0.6) is 11.5 Å². The average Bonchev–Trinajstić information content (AvgIpc) is 2.82. The second-order valence-corrected chi connectivity index (χ2v) is 7.07. The molecule has 0 aliphatic carbocycles. The van der Waals surface area contributed by atoms with E-state index < -0.39 is 5.91 Å². The van der Waals surface area contributed by atoms with Crippen LogP contribution in [-0.2, 0) is 16.2 Å². The number of nitriles is 1. The molecule has 0 unspecified atom stereocenters. The van der Waals surface area contributed by atoms with Crippen LogP contribution in [-0.4, -0.2) is 18.9 Å². The molecule has 0 heterocycles. The van der Waals surface area contributed by atoms with E-state index in [-0.39, 0.29) is 11.5 Å². The summed E-state index contributed by atoms with van der Waals surface area (Å²) in [5.41, 5.74) is 2.66. The van der Waals surface area contributed by atoms with Gasteiger partial charge in [0.25, 0.3) is 5.91 Å². The first-order valence-corrected chi connectivity index (χ1v) is 10.1. The molecular formula is C26H23N3O4. The van der Waals surface area contributed by atoms with Gasteiger partial charge in [-0.15, -0.1) is 0 Å². The number of carbonyl (C=O) groups excluding carboxylic acids is 2. The molecule has 2 amide bonds. The Labute approximate surface area is 192 Å². The van der Waals surface area contributed by atoms with E-state index in [9.17, 15) is 14.9 Å². The lowest BCUT2D eigenvalue weighted by Crippen LogP contribution is -2.13. The molecule has 0 spiro atoms. The summed E-state index contributed by atoms with van der Waals surface area (Å²) in [7, 11) is 1.55. The van der Waals surface area contributed by atoms with Crippen LogP contribution < -0.4 is 20.1 Å². The SMILES string of the molecule is COc1ccc(/C=C(\C#N)C(=O)Nc2ccc(NC(C)=O)cc2)cc1OCc1ccccc1. The molecule has 0 bridgehead atoms. The maximum atomic E-state index is 12.6. The smallest absolute Gasteiger partial charge is 0.266 e. The first-order chi connectivity index (χ1) is 16.0. The molecule has 166 valence electrons. The second kappa shape index (κ2) is 11.2. The third-order valence-electron chi connectivity index (χ3n) is 4.56. The fourth-order valence-corrected chi connectivity index (χ4v) is 2.99. The Bertz CT molecular complexity index is 1200. The van der Waals surface area contributed by atoms with Gasteiger partial charge in [0.1, 0.15) is 18.2 Å². The number of amides is 2. The number of nitrogens with zero attached hydrogens (tertiary/aromatic N) is 1. The summed E-state index contributed by atoms with van der Waals surface area (Å²) in [6, 6.07) is 23.4. The van der Waals surface area contributed by atoms with Crippen molar-refractivity contribution in [2.75, 3.05) is 17.7 Å². The fraction of sp³-hybridized carbons (Fsp3) is 0.115. The molecule has 3 aromatic rings. The number of rotatable bonds is 8. The van der Waals surface area contributed by atoms with Crippen molar-refractivity contribution in [3.63, 3.8) is 0 Å². The van der Waals surface area contributed by atoms with Crippen molar-refractivity contribution in [3.05, 3.63) is 89.5 Å². The van der Waals surface area contributed by atoms with E-state index >= 15 is 0 Å². The summed E-state index contributed by atoms with van der Waals surface area (Å²) in [6.07, 6.45) is 1.48. The van der Waals surface area contributed by atoms with Crippen LogP contribution in [0.3, 0.4) is 0 Å². The number of hydrogen-bond donors (Lipinski definition) is 2. The Morgan fingerprint density at radius 1 is 0.939 bits per heavy atom. The number of anilines is 2. The van der Waals surface area contributed by atoms with E-state index in [0.717, 1.165) is 5.56 Å². The van der Waals surface area contributed by atoms with E-state index in [1.54, 1.807) is 49.6 Å². The Morgan fingerprint density at radius 3 is 2.21 bits per heavy atom. The molecule has 2 N–H and O–H groups in total. The predicted octanol–water partition coefficient (Wildman–Crippen LogP) is 4.78. The van der Waals surface area contributed by atoms with Gasteiger partial charge in [0.05, 0.1) is 7.11 Å². The summed E-state index contributed by atoms with van der Waals surface area (Å²) >= 11 is 0. The van der Waals surface area contributed by atoms with Gasteiger partial charge in [-0.2, -0.15) is 5.26 Å². The molecule has 0 radical (unpaired) electrons. The van der Waals surface area contributed by atoms with E-state index in [0.29, 0.717) is 35.0 Å². The highest BCUT2D eigenvalue weighted by Crippen LogP contribution is 2.30. The summed E-state index contributed by atoms with van der Waals surface area (Å²) < 4.78 is 11.3. The minimum absolute atomic E-state index is 0.0693. The van der Waals surface area contributed by atoms with Crippen LogP contribution in [0.1, 0.15) is 18.1 Å². The molecule has 0 aliphatic rings. The minimum Gasteiger partial charge on any atom is -0.493 e. The summed E-state index contributed by atoms with van der Waals surface area (Å²) in [4.78, 5) is 23.7. The Hall–Kier alpha value is -4.57.